The van der Waals surface area contributed by atoms with Gasteiger partial charge in [-0.3, -0.25) is 9.59 Å². The van der Waals surface area contributed by atoms with Crippen molar-refractivity contribution in [2.45, 2.75) is 34.1 Å². The van der Waals surface area contributed by atoms with Gasteiger partial charge in [0.2, 0.25) is 11.8 Å². The van der Waals surface area contributed by atoms with Crippen LogP contribution in [0.1, 0.15) is 28.7 Å². The molecule has 1 saturated heterocycles. The molecule has 0 atom stereocenters. The van der Waals surface area contributed by atoms with Gasteiger partial charge in [-0.25, -0.2) is 0 Å². The fourth-order valence-electron chi connectivity index (χ4n) is 3.61. The number of nitrogens with one attached hydrogen (secondary N) is 1. The van der Waals surface area contributed by atoms with Gasteiger partial charge in [0, 0.05) is 37.6 Å². The lowest BCUT2D eigenvalue weighted by atomic mass is 10.1. The highest BCUT2D eigenvalue weighted by Gasteiger charge is 2.24. The van der Waals surface area contributed by atoms with Crippen molar-refractivity contribution in [1.82, 2.24) is 4.90 Å². The second-order valence-corrected chi connectivity index (χ2v) is 7.56. The molecular weight excluding hydrogens is 350 g/mol. The maximum absolute atomic E-state index is 12.6. The molecule has 0 aliphatic carbocycles. The molecule has 0 bridgehead atoms. The van der Waals surface area contributed by atoms with Crippen molar-refractivity contribution < 1.29 is 9.59 Å². The first-order valence-corrected chi connectivity index (χ1v) is 9.82. The maximum Gasteiger partial charge on any atom is 0.233 e. The Morgan fingerprint density at radius 2 is 1.46 bits per heavy atom. The minimum absolute atomic E-state index is 0.108. The summed E-state index contributed by atoms with van der Waals surface area (Å²) in [5.74, 6) is -0.362. The summed E-state index contributed by atoms with van der Waals surface area (Å²) in [5, 5.41) is 2.87. The molecule has 2 aromatic rings. The molecule has 0 unspecified atom stereocenters. The Bertz CT molecular complexity index is 883. The standard InChI is InChI=1S/C23H29N3O2/c1-16-7-5-9-20(18(16)3)24-22(27)15-23(28)26-13-11-25(12-14-26)21-10-6-8-17(2)19(21)4/h5-10H,11-15H2,1-4H3,(H,24,27). The molecule has 0 spiro atoms. The predicted molar refractivity (Wildman–Crippen MR) is 114 cm³/mol. The summed E-state index contributed by atoms with van der Waals surface area (Å²) in [5.41, 5.74) is 6.73. The number of carbonyl (C=O) groups excluding carboxylic acids is 2. The van der Waals surface area contributed by atoms with Crippen molar-refractivity contribution in [1.29, 1.82) is 0 Å². The SMILES string of the molecule is Cc1cccc(NC(=O)CC(=O)N2CCN(c3cccc(C)c3C)CC2)c1C. The number of anilines is 2. The average Bonchev–Trinajstić information content (AvgIpc) is 2.68. The maximum atomic E-state index is 12.6. The van der Waals surface area contributed by atoms with E-state index >= 15 is 0 Å². The minimum Gasteiger partial charge on any atom is -0.368 e. The van der Waals surface area contributed by atoms with Gasteiger partial charge in [-0.15, -0.1) is 0 Å². The fourth-order valence-corrected chi connectivity index (χ4v) is 3.61. The highest BCUT2D eigenvalue weighted by atomic mass is 16.2. The summed E-state index contributed by atoms with van der Waals surface area (Å²) in [4.78, 5) is 29.0. The second kappa shape index (κ2) is 8.46. The summed E-state index contributed by atoms with van der Waals surface area (Å²) < 4.78 is 0. The molecule has 2 aromatic carbocycles. The number of benzene rings is 2. The lowest BCUT2D eigenvalue weighted by Gasteiger charge is -2.37. The molecule has 148 valence electrons. The van der Waals surface area contributed by atoms with E-state index in [1.54, 1.807) is 4.90 Å². The van der Waals surface area contributed by atoms with Crippen LogP contribution in [-0.4, -0.2) is 42.9 Å². The van der Waals surface area contributed by atoms with Crippen molar-refractivity contribution in [3.8, 4) is 0 Å². The Balaban J connectivity index is 1.54. The summed E-state index contributed by atoms with van der Waals surface area (Å²) in [6.07, 6.45) is -0.114. The van der Waals surface area contributed by atoms with E-state index in [-0.39, 0.29) is 18.2 Å². The van der Waals surface area contributed by atoms with Gasteiger partial charge in [-0.1, -0.05) is 24.3 Å². The lowest BCUT2D eigenvalue weighted by Crippen LogP contribution is -2.49. The molecule has 28 heavy (non-hydrogen) atoms. The van der Waals surface area contributed by atoms with Crippen LogP contribution in [0.4, 0.5) is 11.4 Å². The molecule has 0 radical (unpaired) electrons. The molecule has 1 N–H and O–H groups in total. The molecule has 1 heterocycles. The van der Waals surface area contributed by atoms with Crippen LogP contribution >= 0.6 is 0 Å². The quantitative estimate of drug-likeness (QED) is 0.826. The third kappa shape index (κ3) is 4.35. The number of carbonyl (C=O) groups is 2. The molecule has 2 amide bonds. The molecule has 5 heteroatoms. The van der Waals surface area contributed by atoms with Crippen LogP contribution in [0.3, 0.4) is 0 Å². The number of hydrogen-bond donors (Lipinski definition) is 1. The molecule has 1 aliphatic rings. The molecule has 1 aliphatic heterocycles. The largest absolute Gasteiger partial charge is 0.368 e. The van der Waals surface area contributed by atoms with Gasteiger partial charge in [-0.2, -0.15) is 0 Å². The molecule has 0 saturated carbocycles. The van der Waals surface area contributed by atoms with Crippen LogP contribution in [-0.2, 0) is 9.59 Å². The van der Waals surface area contributed by atoms with Gasteiger partial charge in [0.1, 0.15) is 6.42 Å². The summed E-state index contributed by atoms with van der Waals surface area (Å²) in [6.45, 7) is 11.1. The zero-order valence-corrected chi connectivity index (χ0v) is 17.2. The van der Waals surface area contributed by atoms with E-state index in [0.717, 1.165) is 29.9 Å². The Morgan fingerprint density at radius 1 is 0.857 bits per heavy atom. The van der Waals surface area contributed by atoms with Gasteiger partial charge in [-0.05, 0) is 62.1 Å². The summed E-state index contributed by atoms with van der Waals surface area (Å²) in [7, 11) is 0. The number of aryl methyl sites for hydroxylation is 2. The predicted octanol–water partition coefficient (Wildman–Crippen LogP) is 3.60. The first kappa shape index (κ1) is 19.9. The van der Waals surface area contributed by atoms with E-state index in [0.29, 0.717) is 13.1 Å². The molecular formula is C23H29N3O2. The van der Waals surface area contributed by atoms with E-state index in [9.17, 15) is 9.59 Å². The third-order valence-corrected chi connectivity index (χ3v) is 5.74. The normalized spacial score (nSPS) is 14.1. The van der Waals surface area contributed by atoms with Crippen LogP contribution in [0.5, 0.6) is 0 Å². The second-order valence-electron chi connectivity index (χ2n) is 7.56. The van der Waals surface area contributed by atoms with Crippen molar-refractivity contribution in [2.75, 3.05) is 36.4 Å². The zero-order valence-electron chi connectivity index (χ0n) is 17.2. The van der Waals surface area contributed by atoms with E-state index in [2.05, 4.69) is 42.3 Å². The van der Waals surface area contributed by atoms with Crippen LogP contribution < -0.4 is 10.2 Å². The van der Waals surface area contributed by atoms with Gasteiger partial charge in [0.05, 0.1) is 0 Å². The number of hydrogen-bond acceptors (Lipinski definition) is 3. The number of amides is 2. The molecule has 5 nitrogen and oxygen atoms in total. The van der Waals surface area contributed by atoms with Gasteiger partial charge >= 0.3 is 0 Å². The highest BCUT2D eigenvalue weighted by molar-refractivity contribution is 6.04. The highest BCUT2D eigenvalue weighted by Crippen LogP contribution is 2.24. The first-order chi connectivity index (χ1) is 13.4. The Hall–Kier alpha value is -2.82. The number of piperazine rings is 1. The Kier molecular flexibility index (Phi) is 6.02. The Labute approximate surface area is 167 Å². The van der Waals surface area contributed by atoms with Crippen LogP contribution in [0.2, 0.25) is 0 Å². The van der Waals surface area contributed by atoms with Crippen molar-refractivity contribution in [3.05, 3.63) is 58.7 Å². The van der Waals surface area contributed by atoms with Gasteiger partial charge < -0.3 is 15.1 Å². The number of nitrogens with zero attached hydrogens (tertiary/aromatic N) is 2. The minimum atomic E-state index is -0.254. The zero-order chi connectivity index (χ0) is 20.3. The van der Waals surface area contributed by atoms with E-state index in [1.165, 1.54) is 16.8 Å². The monoisotopic (exact) mass is 379 g/mol. The number of rotatable bonds is 4. The average molecular weight is 380 g/mol. The fraction of sp³-hybridized carbons (Fsp3) is 0.391. The molecule has 3 rings (SSSR count). The molecule has 1 fully saturated rings. The summed E-state index contributed by atoms with van der Waals surface area (Å²) in [6, 6.07) is 12.1. The third-order valence-electron chi connectivity index (χ3n) is 5.74. The van der Waals surface area contributed by atoms with Crippen molar-refractivity contribution >= 4 is 23.2 Å². The van der Waals surface area contributed by atoms with Gasteiger partial charge in [0.15, 0.2) is 0 Å². The van der Waals surface area contributed by atoms with Crippen LogP contribution in [0.25, 0.3) is 0 Å². The topological polar surface area (TPSA) is 52.7 Å². The summed E-state index contributed by atoms with van der Waals surface area (Å²) >= 11 is 0. The van der Waals surface area contributed by atoms with Gasteiger partial charge in [0.25, 0.3) is 0 Å². The van der Waals surface area contributed by atoms with Crippen LogP contribution in [0, 0.1) is 27.7 Å². The van der Waals surface area contributed by atoms with Crippen LogP contribution in [0.15, 0.2) is 36.4 Å². The molecule has 0 aromatic heterocycles. The van der Waals surface area contributed by atoms with E-state index in [4.69, 9.17) is 0 Å². The van der Waals surface area contributed by atoms with Crippen molar-refractivity contribution in [3.63, 3.8) is 0 Å². The smallest absolute Gasteiger partial charge is 0.233 e. The first-order valence-electron chi connectivity index (χ1n) is 9.82. The Morgan fingerprint density at radius 3 is 2.14 bits per heavy atom. The van der Waals surface area contributed by atoms with Crippen molar-refractivity contribution in [2.24, 2.45) is 0 Å². The lowest BCUT2D eigenvalue weighted by molar-refractivity contribution is -0.134. The van der Waals surface area contributed by atoms with E-state index in [1.807, 2.05) is 32.0 Å². The van der Waals surface area contributed by atoms with E-state index < -0.39 is 0 Å².